The number of nitrogens with one attached hydrogen (secondary N) is 1. The van der Waals surface area contributed by atoms with E-state index in [1.54, 1.807) is 19.2 Å². The van der Waals surface area contributed by atoms with E-state index in [2.05, 4.69) is 5.32 Å². The van der Waals surface area contributed by atoms with Crippen LogP contribution >= 0.6 is 0 Å². The quantitative estimate of drug-likeness (QED) is 0.779. The van der Waals surface area contributed by atoms with Crippen molar-refractivity contribution >= 4 is 15.9 Å². The van der Waals surface area contributed by atoms with E-state index < -0.39 is 10.0 Å². The second-order valence-corrected chi connectivity index (χ2v) is 8.92. The molecule has 2 aromatic carbocycles. The van der Waals surface area contributed by atoms with Gasteiger partial charge in [0.25, 0.3) is 5.91 Å². The molecule has 1 saturated heterocycles. The number of rotatable bonds is 6. The number of carbonyl (C=O) groups is 1. The smallest absolute Gasteiger partial charge is 0.251 e. The van der Waals surface area contributed by atoms with Crippen molar-refractivity contribution in [3.8, 4) is 5.75 Å². The first-order valence-corrected chi connectivity index (χ1v) is 10.9. The molecule has 7 nitrogen and oxygen atoms in total. The first-order chi connectivity index (χ1) is 13.8. The monoisotopic (exact) mass is 418 g/mol. The Hall–Kier alpha value is -2.42. The van der Waals surface area contributed by atoms with Gasteiger partial charge in [0.1, 0.15) is 5.75 Å². The largest absolute Gasteiger partial charge is 0.496 e. The highest BCUT2D eigenvalue weighted by Gasteiger charge is 2.27. The Balaban J connectivity index is 1.80. The fourth-order valence-electron chi connectivity index (χ4n) is 3.28. The average molecular weight is 419 g/mol. The highest BCUT2D eigenvalue weighted by Crippen LogP contribution is 2.26. The highest BCUT2D eigenvalue weighted by atomic mass is 32.2. The normalized spacial score (nSPS) is 16.2. The first kappa shape index (κ1) is 21.3. The van der Waals surface area contributed by atoms with Crippen LogP contribution in [-0.4, -0.2) is 52.0 Å². The second kappa shape index (κ2) is 8.94. The Morgan fingerprint density at radius 1 is 1.17 bits per heavy atom. The van der Waals surface area contributed by atoms with Crippen molar-refractivity contribution < 1.29 is 22.7 Å². The van der Waals surface area contributed by atoms with Gasteiger partial charge in [-0.3, -0.25) is 4.79 Å². The second-order valence-electron chi connectivity index (χ2n) is 6.98. The fourth-order valence-corrected chi connectivity index (χ4v) is 4.74. The summed E-state index contributed by atoms with van der Waals surface area (Å²) in [5, 5.41) is 2.93. The number of hydrogen-bond acceptors (Lipinski definition) is 5. The number of nitrogens with zero attached hydrogens (tertiary/aromatic N) is 1. The zero-order valence-electron chi connectivity index (χ0n) is 16.8. The van der Waals surface area contributed by atoms with Crippen molar-refractivity contribution in [3.05, 3.63) is 59.2 Å². The maximum atomic E-state index is 12.8. The van der Waals surface area contributed by atoms with Crippen LogP contribution in [0.5, 0.6) is 5.75 Å². The average Bonchev–Trinajstić information content (AvgIpc) is 2.74. The summed E-state index contributed by atoms with van der Waals surface area (Å²) in [5.41, 5.74) is 2.20. The lowest BCUT2D eigenvalue weighted by Gasteiger charge is -2.26. The van der Waals surface area contributed by atoms with Gasteiger partial charge in [0.05, 0.1) is 31.3 Å². The maximum Gasteiger partial charge on any atom is 0.251 e. The molecule has 29 heavy (non-hydrogen) atoms. The SMILES string of the molecule is COc1ccc(C)cc1[C@@H](C)NC(=O)c1cccc(S(=O)(=O)N2CCOCC2)c1. The standard InChI is InChI=1S/C21H26N2O5S/c1-15-7-8-20(27-3)19(13-15)16(2)22-21(24)17-5-4-6-18(14-17)29(25,26)23-9-11-28-12-10-23/h4-8,13-14,16H,9-12H2,1-3H3,(H,22,24)/t16-/m1/s1. The van der Waals surface area contributed by atoms with E-state index in [0.717, 1.165) is 11.1 Å². The number of morpholine rings is 1. The Kier molecular flexibility index (Phi) is 6.56. The predicted octanol–water partition coefficient (Wildman–Crippen LogP) is 2.52. The minimum atomic E-state index is -3.66. The lowest BCUT2D eigenvalue weighted by molar-refractivity contribution is 0.0730. The lowest BCUT2D eigenvalue weighted by Crippen LogP contribution is -2.40. The molecule has 0 aliphatic carbocycles. The molecule has 1 atom stereocenters. The topological polar surface area (TPSA) is 84.9 Å². The summed E-state index contributed by atoms with van der Waals surface area (Å²) in [7, 11) is -2.08. The van der Waals surface area contributed by atoms with E-state index in [4.69, 9.17) is 9.47 Å². The molecule has 0 saturated carbocycles. The van der Waals surface area contributed by atoms with E-state index in [1.165, 1.54) is 16.4 Å². The molecule has 0 aromatic heterocycles. The maximum absolute atomic E-state index is 12.8. The number of hydrogen-bond donors (Lipinski definition) is 1. The third kappa shape index (κ3) is 4.77. The van der Waals surface area contributed by atoms with E-state index in [1.807, 2.05) is 32.0 Å². The summed E-state index contributed by atoms with van der Waals surface area (Å²) in [4.78, 5) is 12.9. The molecule has 1 fully saturated rings. The van der Waals surface area contributed by atoms with Crippen LogP contribution in [-0.2, 0) is 14.8 Å². The van der Waals surface area contributed by atoms with Crippen molar-refractivity contribution in [1.82, 2.24) is 9.62 Å². The fraction of sp³-hybridized carbons (Fsp3) is 0.381. The molecular weight excluding hydrogens is 392 g/mol. The van der Waals surface area contributed by atoms with Gasteiger partial charge in [-0.15, -0.1) is 0 Å². The van der Waals surface area contributed by atoms with E-state index in [-0.39, 0.29) is 22.4 Å². The molecule has 2 aromatic rings. The minimum Gasteiger partial charge on any atom is -0.496 e. The Morgan fingerprint density at radius 3 is 2.59 bits per heavy atom. The third-order valence-corrected chi connectivity index (χ3v) is 6.80. The summed E-state index contributed by atoms with van der Waals surface area (Å²) < 4.78 is 37.7. The molecule has 0 spiro atoms. The Bertz CT molecular complexity index is 984. The van der Waals surface area contributed by atoms with Crippen LogP contribution in [0.3, 0.4) is 0 Å². The van der Waals surface area contributed by atoms with Crippen LogP contribution in [0.25, 0.3) is 0 Å². The van der Waals surface area contributed by atoms with E-state index in [9.17, 15) is 13.2 Å². The third-order valence-electron chi connectivity index (χ3n) is 4.90. The van der Waals surface area contributed by atoms with Crippen molar-refractivity contribution in [2.24, 2.45) is 0 Å². The van der Waals surface area contributed by atoms with Gasteiger partial charge in [0.15, 0.2) is 0 Å². The molecule has 1 heterocycles. The van der Waals surface area contributed by atoms with Gasteiger partial charge < -0.3 is 14.8 Å². The molecule has 0 bridgehead atoms. The number of sulfonamides is 1. The van der Waals surface area contributed by atoms with Crippen LogP contribution < -0.4 is 10.1 Å². The highest BCUT2D eigenvalue weighted by molar-refractivity contribution is 7.89. The number of amides is 1. The predicted molar refractivity (Wildman–Crippen MR) is 110 cm³/mol. The summed E-state index contributed by atoms with van der Waals surface area (Å²) in [6, 6.07) is 11.6. The molecule has 1 aliphatic heterocycles. The Morgan fingerprint density at radius 2 is 1.90 bits per heavy atom. The lowest BCUT2D eigenvalue weighted by atomic mass is 10.0. The summed E-state index contributed by atoms with van der Waals surface area (Å²) >= 11 is 0. The molecular formula is C21H26N2O5S. The van der Waals surface area contributed by atoms with Crippen molar-refractivity contribution in [2.45, 2.75) is 24.8 Å². The van der Waals surface area contributed by atoms with Gasteiger partial charge in [-0.2, -0.15) is 4.31 Å². The molecule has 1 aliphatic rings. The van der Waals surface area contributed by atoms with Gasteiger partial charge in [0, 0.05) is 24.2 Å². The van der Waals surface area contributed by atoms with Gasteiger partial charge >= 0.3 is 0 Å². The summed E-state index contributed by atoms with van der Waals surface area (Å²) in [6.45, 7) is 5.19. The Labute approximate surface area is 171 Å². The van der Waals surface area contributed by atoms with Crippen LogP contribution in [0.15, 0.2) is 47.4 Å². The number of carbonyl (C=O) groups excluding carboxylic acids is 1. The van der Waals surface area contributed by atoms with Crippen LogP contribution in [0, 0.1) is 6.92 Å². The van der Waals surface area contributed by atoms with Crippen molar-refractivity contribution in [1.29, 1.82) is 0 Å². The molecule has 0 unspecified atom stereocenters. The van der Waals surface area contributed by atoms with Crippen LogP contribution in [0.4, 0.5) is 0 Å². The molecule has 1 amide bonds. The molecule has 8 heteroatoms. The van der Waals surface area contributed by atoms with Gasteiger partial charge in [-0.25, -0.2) is 8.42 Å². The zero-order valence-corrected chi connectivity index (χ0v) is 17.7. The van der Waals surface area contributed by atoms with Gasteiger partial charge in [-0.1, -0.05) is 23.8 Å². The summed E-state index contributed by atoms with van der Waals surface area (Å²) in [5.74, 6) is 0.340. The van der Waals surface area contributed by atoms with Gasteiger partial charge in [0.2, 0.25) is 10.0 Å². The number of methoxy groups -OCH3 is 1. The number of ether oxygens (including phenoxy) is 2. The summed E-state index contributed by atoms with van der Waals surface area (Å²) in [6.07, 6.45) is 0. The number of benzene rings is 2. The van der Waals surface area contributed by atoms with Crippen molar-refractivity contribution in [2.75, 3.05) is 33.4 Å². The number of aryl methyl sites for hydroxylation is 1. The van der Waals surface area contributed by atoms with E-state index >= 15 is 0 Å². The van der Waals surface area contributed by atoms with E-state index in [0.29, 0.717) is 32.1 Å². The molecule has 156 valence electrons. The van der Waals surface area contributed by atoms with Gasteiger partial charge in [-0.05, 0) is 38.1 Å². The first-order valence-electron chi connectivity index (χ1n) is 9.46. The minimum absolute atomic E-state index is 0.104. The molecule has 0 radical (unpaired) electrons. The zero-order chi connectivity index (χ0) is 21.0. The van der Waals surface area contributed by atoms with Crippen LogP contribution in [0.1, 0.15) is 34.5 Å². The molecule has 1 N–H and O–H groups in total. The van der Waals surface area contributed by atoms with Crippen LogP contribution in [0.2, 0.25) is 0 Å². The molecule has 3 rings (SSSR count). The van der Waals surface area contributed by atoms with Crippen molar-refractivity contribution in [3.63, 3.8) is 0 Å².